The summed E-state index contributed by atoms with van der Waals surface area (Å²) in [4.78, 5) is -1.06. The molecule has 0 fully saturated rings. The molecule has 0 heterocycles. The van der Waals surface area contributed by atoms with Crippen LogP contribution in [0, 0.1) is 13.8 Å². The number of hydrogen-bond donors (Lipinski definition) is 2. The molecule has 0 unspecified atom stereocenters. The number of para-hydroxylation sites is 2. The van der Waals surface area contributed by atoms with E-state index in [2.05, 4.69) is 10.6 Å². The summed E-state index contributed by atoms with van der Waals surface area (Å²) in [5.41, 5.74) is 1.49. The fourth-order valence-electron chi connectivity index (χ4n) is 3.80. The second kappa shape index (κ2) is 9.98. The van der Waals surface area contributed by atoms with E-state index in [0.717, 1.165) is 36.1 Å². The number of anilines is 4. The third-order valence-corrected chi connectivity index (χ3v) is 10.3. The van der Waals surface area contributed by atoms with Crippen LogP contribution in [0.2, 0.25) is 0 Å². The summed E-state index contributed by atoms with van der Waals surface area (Å²) < 4.78 is 100. The number of benzene rings is 3. The molecular weight excluding hydrogens is 573 g/mol. The third kappa shape index (κ3) is 6.37. The minimum absolute atomic E-state index is 0.191. The van der Waals surface area contributed by atoms with Gasteiger partial charge >= 0.3 is 0 Å². The van der Waals surface area contributed by atoms with E-state index in [1.54, 1.807) is 26.0 Å². The van der Waals surface area contributed by atoms with Crippen LogP contribution in [0.1, 0.15) is 11.1 Å². The molecule has 38 heavy (non-hydrogen) atoms. The van der Waals surface area contributed by atoms with Gasteiger partial charge in [0.15, 0.2) is 39.3 Å². The number of rotatable bonds is 8. The van der Waals surface area contributed by atoms with Crippen molar-refractivity contribution in [1.82, 2.24) is 0 Å². The second-order valence-corrected chi connectivity index (χ2v) is 17.0. The predicted octanol–water partition coefficient (Wildman–Crippen LogP) is 3.40. The number of hydrogen-bond acceptors (Lipinski definition) is 10. The summed E-state index contributed by atoms with van der Waals surface area (Å²) in [5.74, 6) is 0. The van der Waals surface area contributed by atoms with Gasteiger partial charge in [-0.2, -0.15) is 0 Å². The molecule has 3 rings (SSSR count). The van der Waals surface area contributed by atoms with Gasteiger partial charge in [-0.25, -0.2) is 33.7 Å². The Balaban J connectivity index is 2.36. The maximum absolute atomic E-state index is 12.5. The minimum atomic E-state index is -3.88. The largest absolute Gasteiger partial charge is 0.352 e. The first kappa shape index (κ1) is 29.6. The first-order valence-electron chi connectivity index (χ1n) is 10.9. The van der Waals surface area contributed by atoms with Gasteiger partial charge in [0.05, 0.1) is 42.3 Å². The molecule has 2 N–H and O–H groups in total. The lowest BCUT2D eigenvalue weighted by Gasteiger charge is -2.21. The molecule has 0 saturated heterocycles. The number of aryl methyl sites for hydroxylation is 2. The Bertz CT molecular complexity index is 1640. The van der Waals surface area contributed by atoms with E-state index in [4.69, 9.17) is 0 Å². The lowest BCUT2D eigenvalue weighted by atomic mass is 10.1. The van der Waals surface area contributed by atoms with Crippen LogP contribution in [-0.2, 0) is 39.3 Å². The zero-order chi connectivity index (χ0) is 28.8. The fraction of sp³-hybridized carbons (Fsp3) is 0.250. The molecule has 3 aromatic rings. The molecule has 206 valence electrons. The van der Waals surface area contributed by atoms with Gasteiger partial charge in [-0.05, 0) is 61.4 Å². The molecule has 0 saturated carbocycles. The highest BCUT2D eigenvalue weighted by Crippen LogP contribution is 2.39. The smallest absolute Gasteiger partial charge is 0.177 e. The van der Waals surface area contributed by atoms with E-state index in [1.807, 2.05) is 0 Å². The SMILES string of the molecule is Cc1cc(Nc2c(S(C)(=O)=O)cccc2S(C)(=O)=O)c(Nc2c(S(C)(=O)=O)cccc2S(C)(=O)=O)cc1C. The lowest BCUT2D eigenvalue weighted by Crippen LogP contribution is -2.12. The molecule has 14 heteroatoms. The molecule has 0 bridgehead atoms. The van der Waals surface area contributed by atoms with Gasteiger partial charge < -0.3 is 10.6 Å². The zero-order valence-corrected chi connectivity index (χ0v) is 24.8. The lowest BCUT2D eigenvalue weighted by molar-refractivity contribution is 0.597. The van der Waals surface area contributed by atoms with Crippen molar-refractivity contribution < 1.29 is 33.7 Å². The first-order chi connectivity index (χ1) is 17.2. The van der Waals surface area contributed by atoms with Crippen LogP contribution in [0.3, 0.4) is 0 Å². The topological polar surface area (TPSA) is 161 Å². The zero-order valence-electron chi connectivity index (χ0n) is 21.5. The van der Waals surface area contributed by atoms with Gasteiger partial charge in [-0.3, -0.25) is 0 Å². The van der Waals surface area contributed by atoms with E-state index in [9.17, 15) is 33.7 Å². The van der Waals surface area contributed by atoms with Crippen molar-refractivity contribution in [3.05, 3.63) is 59.7 Å². The summed E-state index contributed by atoms with van der Waals surface area (Å²) in [5, 5.41) is 5.82. The van der Waals surface area contributed by atoms with E-state index in [-0.39, 0.29) is 42.3 Å². The Hall–Kier alpha value is -2.94. The number of sulfone groups is 4. The highest BCUT2D eigenvalue weighted by molar-refractivity contribution is 7.92. The van der Waals surface area contributed by atoms with Gasteiger partial charge in [0.25, 0.3) is 0 Å². The first-order valence-corrected chi connectivity index (χ1v) is 18.5. The molecule has 0 aliphatic carbocycles. The predicted molar refractivity (Wildman–Crippen MR) is 148 cm³/mol. The van der Waals surface area contributed by atoms with Crippen molar-refractivity contribution in [1.29, 1.82) is 0 Å². The summed E-state index contributed by atoms with van der Waals surface area (Å²) in [6.07, 6.45) is 3.78. The van der Waals surface area contributed by atoms with E-state index in [0.29, 0.717) is 0 Å². The maximum atomic E-state index is 12.5. The van der Waals surface area contributed by atoms with Gasteiger partial charge in [-0.15, -0.1) is 0 Å². The maximum Gasteiger partial charge on any atom is 0.177 e. The molecule has 0 aliphatic heterocycles. The molecule has 3 aromatic carbocycles. The quantitative estimate of drug-likeness (QED) is 0.392. The van der Waals surface area contributed by atoms with Crippen LogP contribution in [-0.4, -0.2) is 58.7 Å². The van der Waals surface area contributed by atoms with Crippen LogP contribution < -0.4 is 10.6 Å². The third-order valence-electron chi connectivity index (χ3n) is 5.73. The van der Waals surface area contributed by atoms with Crippen molar-refractivity contribution in [2.75, 3.05) is 35.7 Å². The molecule has 0 aliphatic rings. The van der Waals surface area contributed by atoms with Crippen LogP contribution in [0.4, 0.5) is 22.7 Å². The molecule has 10 nitrogen and oxygen atoms in total. The minimum Gasteiger partial charge on any atom is -0.352 e. The van der Waals surface area contributed by atoms with Gasteiger partial charge in [0.2, 0.25) is 0 Å². The Morgan fingerprint density at radius 3 is 0.921 bits per heavy atom. The number of nitrogens with one attached hydrogen (secondary N) is 2. The molecule has 0 atom stereocenters. The second-order valence-electron chi connectivity index (χ2n) is 9.08. The Labute approximate surface area is 223 Å². The fourth-order valence-corrected chi connectivity index (χ4v) is 7.36. The standard InChI is InChI=1S/C24H28N2O8S4/c1-15-13-17(25-23-19(35(3,27)28)9-7-10-20(23)36(4,29)30)18(14-16(15)2)26-24-21(37(5,31)32)11-8-12-22(24)38(6,33)34/h7-14,25-26H,1-6H3. The van der Waals surface area contributed by atoms with Gasteiger partial charge in [0, 0.05) is 25.0 Å². The summed E-state index contributed by atoms with van der Waals surface area (Å²) in [7, 11) is -15.5. The average Bonchev–Trinajstić information content (AvgIpc) is 2.74. The van der Waals surface area contributed by atoms with Crippen molar-refractivity contribution in [3.8, 4) is 0 Å². The van der Waals surface area contributed by atoms with Crippen LogP contribution in [0.25, 0.3) is 0 Å². The summed E-state index contributed by atoms with van der Waals surface area (Å²) in [6, 6.07) is 10.9. The monoisotopic (exact) mass is 600 g/mol. The Kier molecular flexibility index (Phi) is 7.78. The van der Waals surface area contributed by atoms with E-state index < -0.39 is 39.3 Å². The summed E-state index contributed by atoms with van der Waals surface area (Å²) >= 11 is 0. The van der Waals surface area contributed by atoms with E-state index >= 15 is 0 Å². The van der Waals surface area contributed by atoms with Crippen molar-refractivity contribution in [2.45, 2.75) is 33.4 Å². The van der Waals surface area contributed by atoms with Crippen LogP contribution in [0.15, 0.2) is 68.1 Å². The molecular formula is C24H28N2O8S4. The average molecular weight is 601 g/mol. The Morgan fingerprint density at radius 1 is 0.474 bits per heavy atom. The Morgan fingerprint density at radius 2 is 0.711 bits per heavy atom. The highest BCUT2D eigenvalue weighted by Gasteiger charge is 2.25. The summed E-state index contributed by atoms with van der Waals surface area (Å²) in [6.45, 7) is 3.55. The van der Waals surface area contributed by atoms with E-state index in [1.165, 1.54) is 36.4 Å². The van der Waals surface area contributed by atoms with Crippen molar-refractivity contribution in [2.24, 2.45) is 0 Å². The van der Waals surface area contributed by atoms with Crippen molar-refractivity contribution >= 4 is 62.1 Å². The molecule has 0 amide bonds. The van der Waals surface area contributed by atoms with Gasteiger partial charge in [-0.1, -0.05) is 12.1 Å². The normalized spacial score (nSPS) is 12.8. The van der Waals surface area contributed by atoms with Crippen molar-refractivity contribution in [3.63, 3.8) is 0 Å². The molecule has 0 radical (unpaired) electrons. The highest BCUT2D eigenvalue weighted by atomic mass is 32.2. The molecule has 0 spiro atoms. The van der Waals surface area contributed by atoms with Crippen LogP contribution >= 0.6 is 0 Å². The van der Waals surface area contributed by atoms with Crippen LogP contribution in [0.5, 0.6) is 0 Å². The molecule has 0 aromatic heterocycles. The van der Waals surface area contributed by atoms with Gasteiger partial charge in [0.1, 0.15) is 0 Å².